The predicted molar refractivity (Wildman–Crippen MR) is 116 cm³/mol. The second kappa shape index (κ2) is 8.56. The van der Waals surface area contributed by atoms with Crippen LogP contribution in [-0.4, -0.2) is 40.4 Å². The minimum absolute atomic E-state index is 0.251. The van der Waals surface area contributed by atoms with Crippen molar-refractivity contribution in [1.82, 2.24) is 9.62 Å². The molecule has 2 fully saturated rings. The van der Waals surface area contributed by atoms with E-state index in [1.807, 2.05) is 18.2 Å². The van der Waals surface area contributed by atoms with Gasteiger partial charge >= 0.3 is 0 Å². The SMILES string of the molecule is COc1ccc(CCCN2CC3C(C2)C3(C)c2cccc(CNS(=O)O)c2)cc1. The van der Waals surface area contributed by atoms with Gasteiger partial charge in [-0.15, -0.1) is 0 Å². The van der Waals surface area contributed by atoms with Crippen LogP contribution < -0.4 is 9.46 Å². The summed E-state index contributed by atoms with van der Waals surface area (Å²) in [6.45, 7) is 6.30. The smallest absolute Gasteiger partial charge is 0.232 e. The van der Waals surface area contributed by atoms with Crippen molar-refractivity contribution in [1.29, 1.82) is 0 Å². The van der Waals surface area contributed by atoms with Crippen molar-refractivity contribution >= 4 is 11.3 Å². The van der Waals surface area contributed by atoms with Gasteiger partial charge in [0, 0.05) is 25.0 Å². The van der Waals surface area contributed by atoms with Crippen LogP contribution in [0.3, 0.4) is 0 Å². The monoisotopic (exact) mass is 414 g/mol. The van der Waals surface area contributed by atoms with E-state index < -0.39 is 11.3 Å². The summed E-state index contributed by atoms with van der Waals surface area (Å²) in [7, 11) is 1.70. The molecule has 1 aliphatic carbocycles. The summed E-state index contributed by atoms with van der Waals surface area (Å²) >= 11 is -1.97. The Hall–Kier alpha value is -1.73. The highest BCUT2D eigenvalue weighted by atomic mass is 32.2. The number of hydrogen-bond acceptors (Lipinski definition) is 3. The topological polar surface area (TPSA) is 61.8 Å². The number of piperidine rings is 1. The van der Waals surface area contributed by atoms with Gasteiger partial charge in [-0.25, -0.2) is 8.93 Å². The second-order valence-electron chi connectivity index (χ2n) is 8.48. The zero-order valence-electron chi connectivity index (χ0n) is 17.1. The molecule has 6 heteroatoms. The minimum Gasteiger partial charge on any atom is -0.497 e. The van der Waals surface area contributed by atoms with Gasteiger partial charge in [0.1, 0.15) is 5.75 Å². The number of aryl methyl sites for hydroxylation is 1. The molecule has 1 saturated heterocycles. The molecule has 4 rings (SSSR count). The number of ether oxygens (including phenoxy) is 1. The molecule has 2 aliphatic rings. The molecule has 1 saturated carbocycles. The molecule has 0 bridgehead atoms. The zero-order chi connectivity index (χ0) is 20.4. The molecule has 1 heterocycles. The average Bonchev–Trinajstić information content (AvgIpc) is 3.08. The summed E-state index contributed by atoms with van der Waals surface area (Å²) in [4.78, 5) is 2.61. The van der Waals surface area contributed by atoms with Gasteiger partial charge in [-0.2, -0.15) is 0 Å². The number of rotatable bonds is 9. The fourth-order valence-corrected chi connectivity index (χ4v) is 5.32. The molecule has 0 radical (unpaired) electrons. The van der Waals surface area contributed by atoms with E-state index in [-0.39, 0.29) is 5.41 Å². The van der Waals surface area contributed by atoms with Crippen molar-refractivity contribution in [3.05, 3.63) is 65.2 Å². The number of methoxy groups -OCH3 is 1. The van der Waals surface area contributed by atoms with Crippen LogP contribution in [0.15, 0.2) is 48.5 Å². The number of likely N-dealkylation sites (tertiary alicyclic amines) is 1. The highest BCUT2D eigenvalue weighted by Crippen LogP contribution is 2.63. The van der Waals surface area contributed by atoms with Gasteiger partial charge in [0.2, 0.25) is 11.3 Å². The maximum absolute atomic E-state index is 10.9. The Morgan fingerprint density at radius 3 is 2.55 bits per heavy atom. The van der Waals surface area contributed by atoms with Crippen molar-refractivity contribution in [3.8, 4) is 5.75 Å². The van der Waals surface area contributed by atoms with E-state index in [1.165, 1.54) is 30.6 Å². The molecule has 2 aromatic carbocycles. The van der Waals surface area contributed by atoms with E-state index in [2.05, 4.69) is 46.9 Å². The molecule has 5 nitrogen and oxygen atoms in total. The van der Waals surface area contributed by atoms with Gasteiger partial charge in [0.05, 0.1) is 7.11 Å². The van der Waals surface area contributed by atoms with Crippen molar-refractivity contribution in [2.45, 2.75) is 31.7 Å². The van der Waals surface area contributed by atoms with E-state index in [1.54, 1.807) is 7.11 Å². The minimum atomic E-state index is -1.97. The highest BCUT2D eigenvalue weighted by Gasteiger charge is 2.65. The lowest BCUT2D eigenvalue weighted by molar-refractivity contribution is 0.274. The van der Waals surface area contributed by atoms with Crippen LogP contribution in [-0.2, 0) is 29.6 Å². The Kier molecular flexibility index (Phi) is 6.06. The number of benzene rings is 2. The Morgan fingerprint density at radius 2 is 1.90 bits per heavy atom. The van der Waals surface area contributed by atoms with E-state index in [0.29, 0.717) is 6.54 Å². The zero-order valence-corrected chi connectivity index (χ0v) is 18.0. The van der Waals surface area contributed by atoms with Crippen LogP contribution in [0.5, 0.6) is 5.75 Å². The molecular weight excluding hydrogens is 384 g/mol. The summed E-state index contributed by atoms with van der Waals surface area (Å²) < 4.78 is 27.6. The van der Waals surface area contributed by atoms with Crippen molar-refractivity contribution in [2.24, 2.45) is 11.8 Å². The van der Waals surface area contributed by atoms with Crippen molar-refractivity contribution < 1.29 is 13.5 Å². The van der Waals surface area contributed by atoms with Crippen molar-refractivity contribution in [3.63, 3.8) is 0 Å². The lowest BCUT2D eigenvalue weighted by Crippen LogP contribution is -2.30. The molecule has 3 atom stereocenters. The molecule has 2 N–H and O–H groups in total. The molecule has 0 spiro atoms. The third kappa shape index (κ3) is 4.40. The van der Waals surface area contributed by atoms with E-state index in [4.69, 9.17) is 9.29 Å². The second-order valence-corrected chi connectivity index (χ2v) is 9.26. The third-order valence-electron chi connectivity index (χ3n) is 6.87. The first kappa shape index (κ1) is 20.5. The summed E-state index contributed by atoms with van der Waals surface area (Å²) in [5.41, 5.74) is 4.05. The molecular formula is C23H30N2O3S. The average molecular weight is 415 g/mol. The normalized spacial score (nSPS) is 26.9. The third-order valence-corrected chi connectivity index (χ3v) is 7.27. The van der Waals surface area contributed by atoms with Gasteiger partial charge in [-0.1, -0.05) is 43.3 Å². The Labute approximate surface area is 175 Å². The van der Waals surface area contributed by atoms with Gasteiger partial charge in [-0.05, 0) is 60.0 Å². The van der Waals surface area contributed by atoms with E-state index >= 15 is 0 Å². The first-order valence-electron chi connectivity index (χ1n) is 10.3. The molecule has 29 heavy (non-hydrogen) atoms. The predicted octanol–water partition coefficient (Wildman–Crippen LogP) is 3.37. The Morgan fingerprint density at radius 1 is 1.17 bits per heavy atom. The van der Waals surface area contributed by atoms with Crippen LogP contribution >= 0.6 is 0 Å². The van der Waals surface area contributed by atoms with Gasteiger partial charge in [-0.3, -0.25) is 4.55 Å². The van der Waals surface area contributed by atoms with E-state index in [0.717, 1.165) is 36.1 Å². The van der Waals surface area contributed by atoms with Gasteiger partial charge in [0.15, 0.2) is 0 Å². The number of hydrogen-bond donors (Lipinski definition) is 2. The van der Waals surface area contributed by atoms with Crippen molar-refractivity contribution in [2.75, 3.05) is 26.7 Å². The summed E-state index contributed by atoms with van der Waals surface area (Å²) in [6.07, 6.45) is 2.29. The summed E-state index contributed by atoms with van der Waals surface area (Å²) in [5, 5.41) is 0. The first-order chi connectivity index (χ1) is 14.0. The van der Waals surface area contributed by atoms with Crippen LogP contribution in [0.25, 0.3) is 0 Å². The Bertz CT molecular complexity index is 859. The van der Waals surface area contributed by atoms with Gasteiger partial charge < -0.3 is 9.64 Å². The van der Waals surface area contributed by atoms with Crippen LogP contribution in [0, 0.1) is 11.8 Å². The maximum Gasteiger partial charge on any atom is 0.232 e. The molecule has 3 unspecified atom stereocenters. The molecule has 156 valence electrons. The molecule has 1 aliphatic heterocycles. The fraction of sp³-hybridized carbons (Fsp3) is 0.478. The number of nitrogens with zero attached hydrogens (tertiary/aromatic N) is 1. The number of nitrogens with one attached hydrogen (secondary N) is 1. The van der Waals surface area contributed by atoms with E-state index in [9.17, 15) is 4.21 Å². The van der Waals surface area contributed by atoms with Crippen LogP contribution in [0.4, 0.5) is 0 Å². The van der Waals surface area contributed by atoms with Gasteiger partial charge in [0.25, 0.3) is 0 Å². The molecule has 0 aromatic heterocycles. The number of fused-ring (bicyclic) bond motifs is 1. The van der Waals surface area contributed by atoms with Crippen LogP contribution in [0.1, 0.15) is 30.0 Å². The summed E-state index contributed by atoms with van der Waals surface area (Å²) in [6, 6.07) is 16.9. The van der Waals surface area contributed by atoms with Crippen LogP contribution in [0.2, 0.25) is 0 Å². The summed E-state index contributed by atoms with van der Waals surface area (Å²) in [5.74, 6) is 2.36. The maximum atomic E-state index is 10.9. The fourth-order valence-electron chi connectivity index (χ4n) is 5.03. The highest BCUT2D eigenvalue weighted by molar-refractivity contribution is 7.77. The quantitative estimate of drug-likeness (QED) is 0.618. The standard InChI is InChI=1S/C23H30N2O3S/c1-23(19-7-3-5-18(13-19)14-24-29(26)27)21-15-25(16-22(21)23)12-4-6-17-8-10-20(28-2)11-9-17/h3,5,7-11,13,21-22,24H,4,6,12,14-16H2,1-2H3,(H,26,27). The Balaban J connectivity index is 1.27. The lowest BCUT2D eigenvalue weighted by Gasteiger charge is -2.24. The first-order valence-corrected chi connectivity index (χ1v) is 11.4. The lowest BCUT2D eigenvalue weighted by atomic mass is 9.91. The molecule has 2 aromatic rings. The largest absolute Gasteiger partial charge is 0.497 e. The molecule has 0 amide bonds.